The predicted molar refractivity (Wildman–Crippen MR) is 98.4 cm³/mol. The van der Waals surface area contributed by atoms with Gasteiger partial charge in [-0.1, -0.05) is 17.7 Å². The van der Waals surface area contributed by atoms with Gasteiger partial charge in [0.15, 0.2) is 28.9 Å². The quantitative estimate of drug-likeness (QED) is 0.262. The number of rotatable bonds is 3. The Bertz CT molecular complexity index is 1290. The molecule has 4 rings (SSSR count). The lowest BCUT2D eigenvalue weighted by molar-refractivity contribution is 0.101. The number of carbonyl (C=O) groups excluding carboxylic acids is 1. The van der Waals surface area contributed by atoms with Crippen LogP contribution in [0.5, 0.6) is 0 Å². The van der Waals surface area contributed by atoms with Gasteiger partial charge < -0.3 is 9.73 Å². The number of halogens is 5. The maximum absolute atomic E-state index is 13.8. The third-order valence-corrected chi connectivity index (χ3v) is 4.35. The third-order valence-electron chi connectivity index (χ3n) is 4.35. The third kappa shape index (κ3) is 3.28. The van der Waals surface area contributed by atoms with Gasteiger partial charge in [0.25, 0.3) is 5.91 Å². The number of fused-ring (bicyclic) bond motifs is 1. The molecule has 0 spiro atoms. The number of benzene rings is 3. The molecule has 0 bridgehead atoms. The van der Waals surface area contributed by atoms with Crippen molar-refractivity contribution in [3.8, 4) is 11.5 Å². The topological polar surface area (TPSA) is 55.1 Å². The minimum Gasteiger partial charge on any atom is -0.436 e. The number of amides is 1. The van der Waals surface area contributed by atoms with Crippen LogP contribution < -0.4 is 5.32 Å². The molecule has 0 aliphatic rings. The fourth-order valence-electron chi connectivity index (χ4n) is 2.90. The van der Waals surface area contributed by atoms with Crippen LogP contribution >= 0.6 is 0 Å². The van der Waals surface area contributed by atoms with Crippen LogP contribution in [0.2, 0.25) is 0 Å². The molecule has 0 atom stereocenters. The summed E-state index contributed by atoms with van der Waals surface area (Å²) in [6.45, 7) is 1.90. The van der Waals surface area contributed by atoms with Crippen molar-refractivity contribution < 1.29 is 31.2 Å². The first-order chi connectivity index (χ1) is 14.3. The van der Waals surface area contributed by atoms with Crippen molar-refractivity contribution in [1.29, 1.82) is 0 Å². The fourth-order valence-corrected chi connectivity index (χ4v) is 2.90. The average molecular weight is 418 g/mol. The van der Waals surface area contributed by atoms with Crippen LogP contribution in [-0.2, 0) is 0 Å². The molecule has 4 nitrogen and oxygen atoms in total. The molecule has 1 aromatic heterocycles. The molecule has 3 aromatic carbocycles. The molecule has 0 unspecified atom stereocenters. The summed E-state index contributed by atoms with van der Waals surface area (Å²) in [5, 5.41) is 2.11. The largest absolute Gasteiger partial charge is 0.436 e. The van der Waals surface area contributed by atoms with E-state index in [9.17, 15) is 26.7 Å². The van der Waals surface area contributed by atoms with Gasteiger partial charge in [-0.25, -0.2) is 26.9 Å². The summed E-state index contributed by atoms with van der Waals surface area (Å²) in [5.74, 6) is -12.3. The van der Waals surface area contributed by atoms with Crippen LogP contribution in [0.3, 0.4) is 0 Å². The minimum absolute atomic E-state index is 0.0283. The van der Waals surface area contributed by atoms with Crippen LogP contribution in [0.15, 0.2) is 46.9 Å². The number of nitrogens with one attached hydrogen (secondary N) is 1. The Balaban J connectivity index is 1.67. The molecule has 0 fully saturated rings. The number of aryl methyl sites for hydroxylation is 1. The van der Waals surface area contributed by atoms with Crippen molar-refractivity contribution >= 4 is 22.7 Å². The number of hydrogen-bond acceptors (Lipinski definition) is 3. The van der Waals surface area contributed by atoms with E-state index in [4.69, 9.17) is 4.42 Å². The summed E-state index contributed by atoms with van der Waals surface area (Å²) in [5.41, 5.74) is 0.860. The van der Waals surface area contributed by atoms with Gasteiger partial charge in [0, 0.05) is 11.3 Å². The summed E-state index contributed by atoms with van der Waals surface area (Å²) in [4.78, 5) is 16.5. The minimum atomic E-state index is -2.34. The standard InChI is InChI=1S/C21H11F5N2O2/c1-9-3-2-4-10(7-9)21-28-12-8-11(5-6-13(12)30-21)27-20(29)14-15(22)17(24)19(26)18(25)16(14)23/h2-8H,1H3,(H,27,29). The van der Waals surface area contributed by atoms with E-state index in [0.29, 0.717) is 17.0 Å². The van der Waals surface area contributed by atoms with E-state index >= 15 is 0 Å². The lowest BCUT2D eigenvalue weighted by Crippen LogP contribution is -2.19. The Morgan fingerprint density at radius 2 is 1.57 bits per heavy atom. The van der Waals surface area contributed by atoms with E-state index in [-0.39, 0.29) is 5.69 Å². The molecule has 1 N–H and O–H groups in total. The predicted octanol–water partition coefficient (Wildman–Crippen LogP) is 5.75. The summed E-state index contributed by atoms with van der Waals surface area (Å²) < 4.78 is 73.1. The van der Waals surface area contributed by atoms with Crippen molar-refractivity contribution in [2.24, 2.45) is 0 Å². The molecule has 0 aliphatic heterocycles. The number of hydrogen-bond donors (Lipinski definition) is 1. The monoisotopic (exact) mass is 418 g/mol. The molecule has 30 heavy (non-hydrogen) atoms. The number of nitrogens with zero attached hydrogens (tertiary/aromatic N) is 1. The molecular formula is C21H11F5N2O2. The van der Waals surface area contributed by atoms with Gasteiger partial charge in [-0.05, 0) is 37.3 Å². The Hall–Kier alpha value is -3.75. The highest BCUT2D eigenvalue weighted by Gasteiger charge is 2.29. The zero-order chi connectivity index (χ0) is 21.6. The molecule has 1 heterocycles. The second-order valence-electron chi connectivity index (χ2n) is 6.47. The lowest BCUT2D eigenvalue weighted by Gasteiger charge is -2.09. The smallest absolute Gasteiger partial charge is 0.261 e. The van der Waals surface area contributed by atoms with Gasteiger partial charge in [0.05, 0.1) is 0 Å². The zero-order valence-corrected chi connectivity index (χ0v) is 15.2. The van der Waals surface area contributed by atoms with Gasteiger partial charge in [-0.15, -0.1) is 0 Å². The molecule has 1 amide bonds. The Morgan fingerprint density at radius 3 is 2.23 bits per heavy atom. The van der Waals surface area contributed by atoms with E-state index in [1.54, 1.807) is 6.07 Å². The fraction of sp³-hybridized carbons (Fsp3) is 0.0476. The normalized spacial score (nSPS) is 11.1. The van der Waals surface area contributed by atoms with Crippen molar-refractivity contribution in [2.75, 3.05) is 5.32 Å². The Labute approximate surface area is 166 Å². The van der Waals surface area contributed by atoms with Crippen molar-refractivity contribution in [2.45, 2.75) is 6.92 Å². The maximum atomic E-state index is 13.8. The molecule has 0 aliphatic carbocycles. The molecule has 0 saturated carbocycles. The van der Waals surface area contributed by atoms with Crippen molar-refractivity contribution in [3.63, 3.8) is 0 Å². The van der Waals surface area contributed by atoms with Crippen LogP contribution in [0.1, 0.15) is 15.9 Å². The van der Waals surface area contributed by atoms with Crippen LogP contribution in [0.4, 0.5) is 27.6 Å². The van der Waals surface area contributed by atoms with E-state index in [2.05, 4.69) is 10.3 Å². The molecule has 4 aromatic rings. The highest BCUT2D eigenvalue weighted by atomic mass is 19.2. The second-order valence-corrected chi connectivity index (χ2v) is 6.47. The average Bonchev–Trinajstić information content (AvgIpc) is 3.14. The summed E-state index contributed by atoms with van der Waals surface area (Å²) in [6.07, 6.45) is 0. The van der Waals surface area contributed by atoms with Crippen molar-refractivity contribution in [1.82, 2.24) is 4.98 Å². The highest BCUT2D eigenvalue weighted by molar-refractivity contribution is 6.05. The SMILES string of the molecule is Cc1cccc(-c2nc3cc(NC(=O)c4c(F)c(F)c(F)c(F)c4F)ccc3o2)c1. The van der Waals surface area contributed by atoms with Gasteiger partial charge in [-0.3, -0.25) is 4.79 Å². The Kier molecular flexibility index (Phi) is 4.73. The molecule has 9 heteroatoms. The van der Waals surface area contributed by atoms with Crippen molar-refractivity contribution in [3.05, 3.63) is 82.7 Å². The van der Waals surface area contributed by atoms with E-state index < -0.39 is 40.6 Å². The first-order valence-corrected chi connectivity index (χ1v) is 8.56. The first-order valence-electron chi connectivity index (χ1n) is 8.56. The van der Waals surface area contributed by atoms with Crippen LogP contribution in [0, 0.1) is 36.0 Å². The van der Waals surface area contributed by atoms with Gasteiger partial charge >= 0.3 is 0 Å². The number of oxazole rings is 1. The van der Waals surface area contributed by atoms with E-state index in [1.807, 2.05) is 25.1 Å². The number of aromatic nitrogens is 1. The molecular weight excluding hydrogens is 407 g/mol. The summed E-state index contributed by atoms with van der Waals surface area (Å²) in [7, 11) is 0. The number of anilines is 1. The first kappa shape index (κ1) is 19.6. The summed E-state index contributed by atoms with van der Waals surface area (Å²) in [6, 6.07) is 11.5. The maximum Gasteiger partial charge on any atom is 0.261 e. The molecule has 0 saturated heterocycles. The van der Waals surface area contributed by atoms with Gasteiger partial charge in [0.1, 0.15) is 11.1 Å². The lowest BCUT2D eigenvalue weighted by atomic mass is 10.1. The summed E-state index contributed by atoms with van der Waals surface area (Å²) >= 11 is 0. The second kappa shape index (κ2) is 7.25. The van der Waals surface area contributed by atoms with Crippen LogP contribution in [-0.4, -0.2) is 10.9 Å². The number of carbonyl (C=O) groups is 1. The highest BCUT2D eigenvalue weighted by Crippen LogP contribution is 2.28. The Morgan fingerprint density at radius 1 is 0.900 bits per heavy atom. The zero-order valence-electron chi connectivity index (χ0n) is 15.2. The van der Waals surface area contributed by atoms with Crippen LogP contribution in [0.25, 0.3) is 22.6 Å². The van der Waals surface area contributed by atoms with E-state index in [1.165, 1.54) is 18.2 Å². The molecule has 0 radical (unpaired) electrons. The van der Waals surface area contributed by atoms with Gasteiger partial charge in [0.2, 0.25) is 11.7 Å². The van der Waals surface area contributed by atoms with E-state index in [0.717, 1.165) is 11.1 Å². The van der Waals surface area contributed by atoms with Gasteiger partial charge in [-0.2, -0.15) is 0 Å². The molecule has 152 valence electrons.